The monoisotopic (exact) mass is 472 g/mol. The van der Waals surface area contributed by atoms with Gasteiger partial charge in [-0.3, -0.25) is 9.69 Å². The Balaban J connectivity index is 1.35. The Hall–Kier alpha value is -3.71. The highest BCUT2D eigenvalue weighted by Crippen LogP contribution is 2.34. The summed E-state index contributed by atoms with van der Waals surface area (Å²) in [7, 11) is 0. The van der Waals surface area contributed by atoms with E-state index in [2.05, 4.69) is 4.99 Å². The number of thioether (sulfide) groups is 1. The zero-order chi connectivity index (χ0) is 23.5. The Labute approximate surface area is 202 Å². The lowest BCUT2D eigenvalue weighted by atomic mass is 10.1. The Morgan fingerprint density at radius 3 is 2.44 bits per heavy atom. The highest BCUT2D eigenvalue weighted by molar-refractivity contribution is 8.14. The SMILES string of the molecule is Cc1ccc(OCCSC2=NC(=Cc3ccc4c(c3)OCO4)C(=O)N2c2ccc(C)cc2)cc1. The summed E-state index contributed by atoms with van der Waals surface area (Å²) in [4.78, 5) is 19.7. The van der Waals surface area contributed by atoms with E-state index in [0.29, 0.717) is 34.7 Å². The standard InChI is InChI=1S/C27H24N2O4S/c1-18-3-8-21(9-4-18)29-26(30)23(15-20-7-12-24-25(16-20)33-17-32-24)28-27(29)34-14-13-31-22-10-5-19(2)6-11-22/h3-12,15-16H,13-14,17H2,1-2H3. The fourth-order valence-electron chi connectivity index (χ4n) is 3.60. The van der Waals surface area contributed by atoms with Gasteiger partial charge in [-0.1, -0.05) is 53.2 Å². The first-order chi connectivity index (χ1) is 16.6. The van der Waals surface area contributed by atoms with Crippen LogP contribution in [0.25, 0.3) is 6.08 Å². The first kappa shape index (κ1) is 22.1. The average Bonchev–Trinajstić information content (AvgIpc) is 3.43. The zero-order valence-electron chi connectivity index (χ0n) is 19.0. The van der Waals surface area contributed by atoms with E-state index in [1.165, 1.54) is 17.3 Å². The first-order valence-corrected chi connectivity index (χ1v) is 12.0. The van der Waals surface area contributed by atoms with Crippen LogP contribution in [0.3, 0.4) is 0 Å². The molecular weight excluding hydrogens is 448 g/mol. The molecule has 172 valence electrons. The molecule has 0 N–H and O–H groups in total. The Kier molecular flexibility index (Phi) is 6.27. The van der Waals surface area contributed by atoms with E-state index in [4.69, 9.17) is 14.2 Å². The van der Waals surface area contributed by atoms with Crippen molar-refractivity contribution in [3.05, 3.63) is 89.1 Å². The van der Waals surface area contributed by atoms with Gasteiger partial charge in [-0.2, -0.15) is 0 Å². The quantitative estimate of drug-likeness (QED) is 0.346. The molecule has 34 heavy (non-hydrogen) atoms. The molecule has 2 aliphatic heterocycles. The van der Waals surface area contributed by atoms with Crippen molar-refractivity contribution in [3.8, 4) is 17.2 Å². The van der Waals surface area contributed by atoms with Crippen molar-refractivity contribution in [2.24, 2.45) is 4.99 Å². The van der Waals surface area contributed by atoms with Crippen molar-refractivity contribution in [3.63, 3.8) is 0 Å². The van der Waals surface area contributed by atoms with Crippen molar-refractivity contribution in [2.75, 3.05) is 24.1 Å². The molecule has 2 aliphatic rings. The van der Waals surface area contributed by atoms with Gasteiger partial charge in [0, 0.05) is 5.75 Å². The summed E-state index contributed by atoms with van der Waals surface area (Å²) in [6.07, 6.45) is 1.78. The molecule has 3 aromatic rings. The lowest BCUT2D eigenvalue weighted by Gasteiger charge is -2.18. The number of ether oxygens (including phenoxy) is 3. The molecule has 0 saturated heterocycles. The van der Waals surface area contributed by atoms with Gasteiger partial charge in [0.25, 0.3) is 5.91 Å². The van der Waals surface area contributed by atoms with E-state index in [1.54, 1.807) is 11.0 Å². The maximum atomic E-state index is 13.4. The van der Waals surface area contributed by atoms with E-state index >= 15 is 0 Å². The Morgan fingerprint density at radius 1 is 0.971 bits per heavy atom. The van der Waals surface area contributed by atoms with Gasteiger partial charge in [0.05, 0.1) is 12.3 Å². The van der Waals surface area contributed by atoms with E-state index in [0.717, 1.165) is 22.6 Å². The topological polar surface area (TPSA) is 60.4 Å². The number of hydrogen-bond donors (Lipinski definition) is 0. The van der Waals surface area contributed by atoms with Crippen LogP contribution in [0.2, 0.25) is 0 Å². The average molecular weight is 473 g/mol. The molecule has 0 saturated carbocycles. The molecule has 3 aromatic carbocycles. The normalized spacial score (nSPS) is 15.7. The Bertz CT molecular complexity index is 1270. The number of aryl methyl sites for hydroxylation is 2. The number of anilines is 1. The van der Waals surface area contributed by atoms with E-state index in [1.807, 2.05) is 80.6 Å². The van der Waals surface area contributed by atoms with Gasteiger partial charge in [0.15, 0.2) is 16.7 Å². The van der Waals surface area contributed by atoms with Crippen LogP contribution in [0.15, 0.2) is 77.4 Å². The number of amidine groups is 1. The molecule has 0 fully saturated rings. The highest BCUT2D eigenvalue weighted by Gasteiger charge is 2.32. The van der Waals surface area contributed by atoms with Crippen molar-refractivity contribution in [2.45, 2.75) is 13.8 Å². The number of hydrogen-bond acceptors (Lipinski definition) is 6. The van der Waals surface area contributed by atoms with Gasteiger partial charge in [-0.25, -0.2) is 4.99 Å². The summed E-state index contributed by atoms with van der Waals surface area (Å²) < 4.78 is 16.7. The lowest BCUT2D eigenvalue weighted by molar-refractivity contribution is -0.113. The summed E-state index contributed by atoms with van der Waals surface area (Å²) in [6.45, 7) is 4.78. The lowest BCUT2D eigenvalue weighted by Crippen LogP contribution is -2.30. The maximum absolute atomic E-state index is 13.4. The smallest absolute Gasteiger partial charge is 0.283 e. The maximum Gasteiger partial charge on any atom is 0.283 e. The molecule has 0 bridgehead atoms. The predicted molar refractivity (Wildman–Crippen MR) is 136 cm³/mol. The number of amides is 1. The number of fused-ring (bicyclic) bond motifs is 1. The number of nitrogens with zero attached hydrogens (tertiary/aromatic N) is 2. The van der Waals surface area contributed by atoms with Crippen LogP contribution < -0.4 is 19.1 Å². The largest absolute Gasteiger partial charge is 0.493 e. The molecule has 0 unspecified atom stereocenters. The predicted octanol–water partition coefficient (Wildman–Crippen LogP) is 5.59. The van der Waals surface area contributed by atoms with Crippen LogP contribution in [-0.4, -0.2) is 30.2 Å². The first-order valence-electron chi connectivity index (χ1n) is 11.0. The molecular formula is C27H24N2O4S. The number of carbonyl (C=O) groups is 1. The molecule has 0 atom stereocenters. The van der Waals surface area contributed by atoms with Gasteiger partial charge in [-0.05, 0) is 61.9 Å². The minimum Gasteiger partial charge on any atom is -0.493 e. The van der Waals surface area contributed by atoms with Crippen molar-refractivity contribution >= 4 is 34.6 Å². The van der Waals surface area contributed by atoms with Crippen molar-refractivity contribution < 1.29 is 19.0 Å². The van der Waals surface area contributed by atoms with Gasteiger partial charge in [0.2, 0.25) is 6.79 Å². The van der Waals surface area contributed by atoms with Gasteiger partial charge in [0.1, 0.15) is 11.4 Å². The summed E-state index contributed by atoms with van der Waals surface area (Å²) in [5.41, 5.74) is 4.31. The van der Waals surface area contributed by atoms with Crippen LogP contribution in [0.1, 0.15) is 16.7 Å². The number of rotatable bonds is 6. The van der Waals surface area contributed by atoms with Crippen LogP contribution in [0.5, 0.6) is 17.2 Å². The van der Waals surface area contributed by atoms with Crippen molar-refractivity contribution in [1.82, 2.24) is 0 Å². The van der Waals surface area contributed by atoms with Crippen molar-refractivity contribution in [1.29, 1.82) is 0 Å². The minimum absolute atomic E-state index is 0.163. The van der Waals surface area contributed by atoms with E-state index < -0.39 is 0 Å². The highest BCUT2D eigenvalue weighted by atomic mass is 32.2. The second kappa shape index (κ2) is 9.65. The van der Waals surface area contributed by atoms with Crippen LogP contribution >= 0.6 is 11.8 Å². The third-order valence-electron chi connectivity index (χ3n) is 5.43. The number of aliphatic imine (C=N–C) groups is 1. The summed E-state index contributed by atoms with van der Waals surface area (Å²) >= 11 is 1.50. The Morgan fingerprint density at radius 2 is 1.68 bits per heavy atom. The van der Waals surface area contributed by atoms with E-state index in [-0.39, 0.29) is 12.7 Å². The van der Waals surface area contributed by atoms with E-state index in [9.17, 15) is 4.79 Å². The second-order valence-corrected chi connectivity index (χ2v) is 9.08. The van der Waals surface area contributed by atoms with Gasteiger partial charge in [-0.15, -0.1) is 0 Å². The summed E-state index contributed by atoms with van der Waals surface area (Å²) in [6, 6.07) is 21.4. The molecule has 2 heterocycles. The summed E-state index contributed by atoms with van der Waals surface area (Å²) in [5.74, 6) is 2.69. The second-order valence-electron chi connectivity index (χ2n) is 8.02. The zero-order valence-corrected chi connectivity index (χ0v) is 19.8. The number of carbonyl (C=O) groups excluding carboxylic acids is 1. The molecule has 0 radical (unpaired) electrons. The van der Waals surface area contributed by atoms with Crippen LogP contribution in [-0.2, 0) is 4.79 Å². The molecule has 1 amide bonds. The molecule has 7 heteroatoms. The van der Waals surface area contributed by atoms with Crippen LogP contribution in [0, 0.1) is 13.8 Å². The molecule has 0 spiro atoms. The third kappa shape index (κ3) is 4.79. The van der Waals surface area contributed by atoms with Gasteiger partial charge >= 0.3 is 0 Å². The molecule has 0 aliphatic carbocycles. The minimum atomic E-state index is -0.163. The van der Waals surface area contributed by atoms with Crippen LogP contribution in [0.4, 0.5) is 5.69 Å². The van der Waals surface area contributed by atoms with Gasteiger partial charge < -0.3 is 14.2 Å². The molecule has 0 aromatic heterocycles. The summed E-state index contributed by atoms with van der Waals surface area (Å²) in [5, 5.41) is 0.633. The number of benzene rings is 3. The molecule has 5 rings (SSSR count). The molecule has 6 nitrogen and oxygen atoms in total. The third-order valence-corrected chi connectivity index (χ3v) is 6.33. The fourth-order valence-corrected chi connectivity index (χ4v) is 4.43. The fraction of sp³-hybridized carbons (Fsp3) is 0.185.